The van der Waals surface area contributed by atoms with E-state index in [-0.39, 0.29) is 0 Å². The van der Waals surface area contributed by atoms with Crippen LogP contribution < -0.4 is 5.32 Å². The Bertz CT molecular complexity index is 66.9. The van der Waals surface area contributed by atoms with Crippen molar-refractivity contribution in [3.05, 3.63) is 0 Å². The van der Waals surface area contributed by atoms with Crippen LogP contribution >= 0.6 is 11.8 Å². The van der Waals surface area contributed by atoms with Crippen LogP contribution in [-0.2, 0) is 0 Å². The van der Waals surface area contributed by atoms with Gasteiger partial charge in [-0.05, 0) is 26.0 Å². The van der Waals surface area contributed by atoms with E-state index in [1.165, 1.54) is 12.2 Å². The quantitative estimate of drug-likeness (QED) is 0.534. The molecule has 1 fully saturated rings. The average Bonchev–Trinajstić information content (AvgIpc) is 1.64. The zero-order valence-corrected chi connectivity index (χ0v) is 6.29. The highest BCUT2D eigenvalue weighted by Crippen LogP contribution is 2.16. The van der Waals surface area contributed by atoms with Gasteiger partial charge in [0.25, 0.3) is 0 Å². The number of hydrogen-bond acceptors (Lipinski definition) is 2. The van der Waals surface area contributed by atoms with Gasteiger partial charge in [0, 0.05) is 6.04 Å². The van der Waals surface area contributed by atoms with Crippen LogP contribution in [0.3, 0.4) is 0 Å². The highest BCUT2D eigenvalue weighted by Gasteiger charge is 2.12. The van der Waals surface area contributed by atoms with E-state index in [1.54, 1.807) is 0 Å². The Morgan fingerprint density at radius 1 is 1.50 bits per heavy atom. The van der Waals surface area contributed by atoms with Crippen molar-refractivity contribution >= 4 is 11.8 Å². The molecule has 1 saturated heterocycles. The molecular weight excluding hydrogens is 118 g/mol. The molecule has 0 aromatic rings. The van der Waals surface area contributed by atoms with Crippen LogP contribution in [0.4, 0.5) is 0 Å². The van der Waals surface area contributed by atoms with Gasteiger partial charge in [-0.3, -0.25) is 0 Å². The molecule has 0 amide bonds. The molecule has 2 atom stereocenters. The summed E-state index contributed by atoms with van der Waals surface area (Å²) in [6.07, 6.45) is 1.33. The second-order valence-corrected chi connectivity index (χ2v) is 3.82. The predicted octanol–water partition coefficient (Wildman–Crippen LogP) is 1.45. The second-order valence-electron chi connectivity index (χ2n) is 2.37. The van der Waals surface area contributed by atoms with E-state index < -0.39 is 0 Å². The first-order chi connectivity index (χ1) is 3.79. The summed E-state index contributed by atoms with van der Waals surface area (Å²) in [5.41, 5.74) is 0. The van der Waals surface area contributed by atoms with Crippen LogP contribution in [-0.4, -0.2) is 17.2 Å². The van der Waals surface area contributed by atoms with E-state index in [9.17, 15) is 0 Å². The molecule has 0 radical (unpaired) electrons. The fourth-order valence-electron chi connectivity index (χ4n) is 0.954. The predicted molar refractivity (Wildman–Crippen MR) is 39.1 cm³/mol. The topological polar surface area (TPSA) is 12.0 Å². The van der Waals surface area contributed by atoms with Crippen molar-refractivity contribution < 1.29 is 0 Å². The van der Waals surface area contributed by atoms with Crippen LogP contribution in [0.5, 0.6) is 0 Å². The molecule has 0 aliphatic carbocycles. The first-order valence-corrected chi connectivity index (χ1v) is 4.21. The van der Waals surface area contributed by atoms with Crippen molar-refractivity contribution in [2.45, 2.75) is 31.7 Å². The summed E-state index contributed by atoms with van der Waals surface area (Å²) >= 11 is 2.01. The van der Waals surface area contributed by atoms with Gasteiger partial charge in [-0.1, -0.05) is 0 Å². The van der Waals surface area contributed by atoms with Gasteiger partial charge in [-0.2, -0.15) is 0 Å². The van der Waals surface area contributed by atoms with E-state index in [1.807, 2.05) is 11.8 Å². The summed E-state index contributed by atoms with van der Waals surface area (Å²) in [4.78, 5) is 0. The minimum atomic E-state index is 0.679. The monoisotopic (exact) mass is 131 g/mol. The summed E-state index contributed by atoms with van der Waals surface area (Å²) < 4.78 is 0. The normalized spacial score (nSPS) is 39.8. The Hall–Kier alpha value is 0.310. The molecule has 1 N–H and O–H groups in total. The molecular formula is C6H13NS. The Morgan fingerprint density at radius 2 is 2.25 bits per heavy atom. The van der Waals surface area contributed by atoms with Gasteiger partial charge in [0.2, 0.25) is 0 Å². The first kappa shape index (κ1) is 6.43. The van der Waals surface area contributed by atoms with Gasteiger partial charge in [0.05, 0.1) is 5.37 Å². The minimum absolute atomic E-state index is 0.679. The van der Waals surface area contributed by atoms with Gasteiger partial charge >= 0.3 is 0 Å². The van der Waals surface area contributed by atoms with Crippen LogP contribution in [0, 0.1) is 0 Å². The average molecular weight is 131 g/mol. The molecule has 1 heterocycles. The van der Waals surface area contributed by atoms with Crippen molar-refractivity contribution in [2.75, 3.05) is 5.75 Å². The molecule has 0 bridgehead atoms. The SMILES string of the molecule is CC1CCSC(C)N1. The van der Waals surface area contributed by atoms with Crippen LogP contribution in [0.15, 0.2) is 0 Å². The molecule has 0 aromatic carbocycles. The van der Waals surface area contributed by atoms with E-state index in [2.05, 4.69) is 19.2 Å². The lowest BCUT2D eigenvalue weighted by atomic mass is 10.2. The third-order valence-corrected chi connectivity index (χ3v) is 2.55. The highest BCUT2D eigenvalue weighted by atomic mass is 32.2. The highest BCUT2D eigenvalue weighted by molar-refractivity contribution is 7.99. The second kappa shape index (κ2) is 2.74. The lowest BCUT2D eigenvalue weighted by Gasteiger charge is -2.24. The van der Waals surface area contributed by atoms with Crippen molar-refractivity contribution in [3.8, 4) is 0 Å². The molecule has 48 valence electrons. The maximum absolute atomic E-state index is 3.44. The van der Waals surface area contributed by atoms with Gasteiger partial charge in [-0.15, -0.1) is 11.8 Å². The molecule has 2 heteroatoms. The zero-order chi connectivity index (χ0) is 5.98. The summed E-state index contributed by atoms with van der Waals surface area (Å²) in [6.45, 7) is 4.47. The van der Waals surface area contributed by atoms with Gasteiger partial charge in [-0.25, -0.2) is 0 Å². The van der Waals surface area contributed by atoms with Crippen molar-refractivity contribution in [1.29, 1.82) is 0 Å². The molecule has 0 saturated carbocycles. The van der Waals surface area contributed by atoms with Crippen LogP contribution in [0.25, 0.3) is 0 Å². The Morgan fingerprint density at radius 3 is 2.62 bits per heavy atom. The number of thioether (sulfide) groups is 1. The third-order valence-electron chi connectivity index (χ3n) is 1.44. The van der Waals surface area contributed by atoms with E-state index >= 15 is 0 Å². The van der Waals surface area contributed by atoms with E-state index in [4.69, 9.17) is 0 Å². The summed E-state index contributed by atoms with van der Waals surface area (Å²) in [5.74, 6) is 1.33. The largest absolute Gasteiger partial charge is 0.303 e. The van der Waals surface area contributed by atoms with Crippen molar-refractivity contribution in [3.63, 3.8) is 0 Å². The zero-order valence-electron chi connectivity index (χ0n) is 5.48. The number of hydrogen-bond donors (Lipinski definition) is 1. The Labute approximate surface area is 55.2 Å². The molecule has 1 rings (SSSR count). The maximum Gasteiger partial charge on any atom is 0.0505 e. The Balaban J connectivity index is 2.23. The minimum Gasteiger partial charge on any atom is -0.303 e. The number of nitrogens with one attached hydrogen (secondary N) is 1. The molecule has 1 aliphatic rings. The molecule has 8 heavy (non-hydrogen) atoms. The van der Waals surface area contributed by atoms with Gasteiger partial charge in [0.1, 0.15) is 0 Å². The van der Waals surface area contributed by atoms with E-state index in [0.717, 1.165) is 6.04 Å². The van der Waals surface area contributed by atoms with Crippen molar-refractivity contribution in [2.24, 2.45) is 0 Å². The summed E-state index contributed by atoms with van der Waals surface area (Å²) in [7, 11) is 0. The summed E-state index contributed by atoms with van der Waals surface area (Å²) in [5, 5.41) is 4.12. The van der Waals surface area contributed by atoms with Gasteiger partial charge < -0.3 is 5.32 Å². The summed E-state index contributed by atoms with van der Waals surface area (Å²) in [6, 6.07) is 0.742. The molecule has 1 aliphatic heterocycles. The lowest BCUT2D eigenvalue weighted by molar-refractivity contribution is 0.519. The number of rotatable bonds is 0. The Kier molecular flexibility index (Phi) is 2.20. The third kappa shape index (κ3) is 1.67. The lowest BCUT2D eigenvalue weighted by Crippen LogP contribution is -2.36. The van der Waals surface area contributed by atoms with Crippen LogP contribution in [0.2, 0.25) is 0 Å². The standard InChI is InChI=1S/C6H13NS/c1-5-3-4-8-6(2)7-5/h5-7H,3-4H2,1-2H3. The maximum atomic E-state index is 3.44. The van der Waals surface area contributed by atoms with E-state index in [0.29, 0.717) is 5.37 Å². The van der Waals surface area contributed by atoms with Gasteiger partial charge in [0.15, 0.2) is 0 Å². The van der Waals surface area contributed by atoms with Crippen LogP contribution in [0.1, 0.15) is 20.3 Å². The van der Waals surface area contributed by atoms with Crippen molar-refractivity contribution in [1.82, 2.24) is 5.32 Å². The fraction of sp³-hybridized carbons (Fsp3) is 1.00. The molecule has 2 unspecified atom stereocenters. The molecule has 0 aromatic heterocycles. The fourth-order valence-corrected chi connectivity index (χ4v) is 2.13. The first-order valence-electron chi connectivity index (χ1n) is 3.16. The molecule has 1 nitrogen and oxygen atoms in total. The smallest absolute Gasteiger partial charge is 0.0505 e. The molecule has 0 spiro atoms.